The van der Waals surface area contributed by atoms with E-state index < -0.39 is 34.2 Å². The Morgan fingerprint density at radius 2 is 1.14 bits per heavy atom. The summed E-state index contributed by atoms with van der Waals surface area (Å²) in [6, 6.07) is 34.5. The highest BCUT2D eigenvalue weighted by Crippen LogP contribution is 2.78. The fraction of sp³-hybridized carbons (Fsp3) is 0.111. The number of para-hydroxylation sites is 1. The molecule has 3 fully saturated rings. The van der Waals surface area contributed by atoms with Crippen LogP contribution in [0.1, 0.15) is 22.3 Å². The molecule has 0 radical (unpaired) electrons. The molecule has 10 heteroatoms. The van der Waals surface area contributed by atoms with Gasteiger partial charge in [0.15, 0.2) is 17.1 Å². The van der Waals surface area contributed by atoms with Crippen LogP contribution >= 0.6 is 17.2 Å². The van der Waals surface area contributed by atoms with Crippen molar-refractivity contribution >= 4 is 17.2 Å². The third-order valence-electron chi connectivity index (χ3n) is 7.02. The van der Waals surface area contributed by atoms with Crippen molar-refractivity contribution in [2.75, 3.05) is 0 Å². The van der Waals surface area contributed by atoms with Gasteiger partial charge in [-0.1, -0.05) is 103 Å². The molecule has 3 saturated heterocycles. The molecule has 0 aliphatic carbocycles. The monoisotopic (exact) mass is 532 g/mol. The lowest BCUT2D eigenvalue weighted by Gasteiger charge is -2.56. The van der Waals surface area contributed by atoms with Crippen LogP contribution in [0.5, 0.6) is 11.5 Å². The van der Waals surface area contributed by atoms with E-state index >= 15 is 0 Å². The summed E-state index contributed by atoms with van der Waals surface area (Å²) in [4.78, 5) is 13.1. The van der Waals surface area contributed by atoms with Gasteiger partial charge in [-0.2, -0.15) is 4.67 Å². The number of benzene rings is 4. The minimum Gasteiger partial charge on any atom is -0.412 e. The Morgan fingerprint density at radius 3 is 1.84 bits per heavy atom. The predicted octanol–water partition coefficient (Wildman–Crippen LogP) is 6.87. The van der Waals surface area contributed by atoms with Crippen LogP contribution in [0.25, 0.3) is 0 Å². The number of fused-ring (bicyclic) bond motifs is 2. The van der Waals surface area contributed by atoms with Gasteiger partial charge in [-0.25, -0.2) is 9.78 Å². The lowest BCUT2D eigenvalue weighted by atomic mass is 9.63. The maximum Gasteiger partial charge on any atom is 0.493 e. The van der Waals surface area contributed by atoms with Crippen molar-refractivity contribution < 1.29 is 37.2 Å². The summed E-state index contributed by atoms with van der Waals surface area (Å²) in [6.45, 7) is 0. The van der Waals surface area contributed by atoms with Crippen LogP contribution in [0, 0.1) is 0 Å². The van der Waals surface area contributed by atoms with Crippen LogP contribution in [-0.4, -0.2) is 0 Å². The highest BCUT2D eigenvalue weighted by atomic mass is 31.2. The van der Waals surface area contributed by atoms with Gasteiger partial charge in [0.1, 0.15) is 0 Å². The molecular weight excluding hydrogens is 514 g/mol. The molecule has 0 amide bonds. The zero-order valence-electron chi connectivity index (χ0n) is 19.1. The predicted molar refractivity (Wildman–Crippen MR) is 132 cm³/mol. The van der Waals surface area contributed by atoms with Crippen molar-refractivity contribution in [2.45, 2.75) is 17.0 Å². The molecule has 3 atom stereocenters. The number of hydrogen-bond donors (Lipinski definition) is 0. The standard InChI is InChI=1S/C27H18O8P2/c1-4-11-19(12-5-1)25-22-17-10-18-23-24(22)29-36(28-23)35-31-26(25,20-13-6-2-7-14-20)27(21-15-8-3-9-16-21)32-37(33-27)34-30-25/h1-18H. The quantitative estimate of drug-likeness (QED) is 0.209. The lowest BCUT2D eigenvalue weighted by Crippen LogP contribution is -2.66. The van der Waals surface area contributed by atoms with Crippen LogP contribution in [0.15, 0.2) is 109 Å². The van der Waals surface area contributed by atoms with Gasteiger partial charge in [-0.3, -0.25) is 9.05 Å². The van der Waals surface area contributed by atoms with Gasteiger partial charge in [0, 0.05) is 11.1 Å². The molecule has 37 heavy (non-hydrogen) atoms. The Labute approximate surface area is 214 Å². The smallest absolute Gasteiger partial charge is 0.412 e. The van der Waals surface area contributed by atoms with Gasteiger partial charge in [0.2, 0.25) is 5.60 Å². The van der Waals surface area contributed by atoms with Crippen LogP contribution in [0.3, 0.4) is 0 Å². The lowest BCUT2D eigenvalue weighted by molar-refractivity contribution is -0.446. The first-order valence-electron chi connectivity index (χ1n) is 11.6. The van der Waals surface area contributed by atoms with Crippen molar-refractivity contribution in [1.29, 1.82) is 0 Å². The van der Waals surface area contributed by atoms with E-state index in [2.05, 4.69) is 0 Å². The van der Waals surface area contributed by atoms with E-state index in [0.717, 1.165) is 0 Å². The molecule has 3 unspecified atom stereocenters. The Hall–Kier alpha value is -2.90. The highest BCUT2D eigenvalue weighted by Gasteiger charge is 2.81. The molecule has 0 saturated carbocycles. The summed E-state index contributed by atoms with van der Waals surface area (Å²) >= 11 is 0. The molecule has 5 aliphatic heterocycles. The zero-order chi connectivity index (χ0) is 24.5. The first kappa shape index (κ1) is 22.1. The number of hydrogen-bond acceptors (Lipinski definition) is 8. The molecule has 4 bridgehead atoms. The van der Waals surface area contributed by atoms with E-state index in [0.29, 0.717) is 33.8 Å². The third-order valence-corrected chi connectivity index (χ3v) is 8.91. The average molecular weight is 532 g/mol. The van der Waals surface area contributed by atoms with Crippen LogP contribution in [0.4, 0.5) is 0 Å². The second-order valence-corrected chi connectivity index (χ2v) is 10.8. The third kappa shape index (κ3) is 2.79. The highest BCUT2D eigenvalue weighted by molar-refractivity contribution is 7.43. The first-order valence-corrected chi connectivity index (χ1v) is 13.8. The molecule has 0 spiro atoms. The molecule has 9 rings (SSSR count). The number of rotatable bonds is 3. The first-order chi connectivity index (χ1) is 18.3. The molecule has 5 heterocycles. The van der Waals surface area contributed by atoms with Crippen molar-refractivity contribution in [1.82, 2.24) is 0 Å². The summed E-state index contributed by atoms with van der Waals surface area (Å²) in [7, 11) is -3.76. The van der Waals surface area contributed by atoms with E-state index in [-0.39, 0.29) is 0 Å². The molecule has 4 aromatic rings. The molecule has 0 N–H and O–H groups in total. The Balaban J connectivity index is 1.56. The summed E-state index contributed by atoms with van der Waals surface area (Å²) in [6.07, 6.45) is 0. The Kier molecular flexibility index (Phi) is 4.81. The topological polar surface area (TPSA) is 73.8 Å². The molecule has 4 aromatic carbocycles. The fourth-order valence-electron chi connectivity index (χ4n) is 5.51. The van der Waals surface area contributed by atoms with Crippen LogP contribution in [0.2, 0.25) is 0 Å². The van der Waals surface area contributed by atoms with Crippen molar-refractivity contribution in [2.24, 2.45) is 0 Å². The van der Waals surface area contributed by atoms with Gasteiger partial charge in [0.25, 0.3) is 5.79 Å². The summed E-state index contributed by atoms with van der Waals surface area (Å²) < 4.78 is 37.0. The van der Waals surface area contributed by atoms with E-state index in [4.69, 9.17) is 37.2 Å². The Bertz CT molecular complexity index is 1470. The molecule has 0 aromatic heterocycles. The van der Waals surface area contributed by atoms with Crippen LogP contribution in [-0.2, 0) is 45.2 Å². The van der Waals surface area contributed by atoms with Crippen LogP contribution < -0.4 is 9.05 Å². The molecule has 8 nitrogen and oxygen atoms in total. The molecular formula is C27H18O8P2. The van der Waals surface area contributed by atoms with Gasteiger partial charge < -0.3 is 9.05 Å². The van der Waals surface area contributed by atoms with Crippen molar-refractivity contribution in [3.8, 4) is 11.5 Å². The van der Waals surface area contributed by atoms with Gasteiger partial charge in [-0.05, 0) is 17.2 Å². The largest absolute Gasteiger partial charge is 0.493 e. The second-order valence-electron chi connectivity index (χ2n) is 8.84. The minimum absolute atomic E-state index is 0.486. The zero-order valence-corrected chi connectivity index (χ0v) is 20.8. The van der Waals surface area contributed by atoms with Gasteiger partial charge in [0.05, 0.1) is 0 Å². The summed E-state index contributed by atoms with van der Waals surface area (Å²) in [5.74, 6) is -0.517. The normalized spacial score (nSPS) is 33.0. The van der Waals surface area contributed by atoms with Crippen molar-refractivity contribution in [3.63, 3.8) is 0 Å². The summed E-state index contributed by atoms with van der Waals surface area (Å²) in [5, 5.41) is 0. The van der Waals surface area contributed by atoms with Gasteiger partial charge >= 0.3 is 17.2 Å². The SMILES string of the molecule is c1ccc(C23OP(OOC4(c5ccccc5)c5cccc6c5OP(OOC24c2ccccc2)O6)O3)cc1. The summed E-state index contributed by atoms with van der Waals surface area (Å²) in [5.41, 5.74) is -0.453. The maximum absolute atomic E-state index is 6.58. The van der Waals surface area contributed by atoms with Crippen molar-refractivity contribution in [3.05, 3.63) is 131 Å². The van der Waals surface area contributed by atoms with Gasteiger partial charge in [-0.15, -0.1) is 4.67 Å². The minimum atomic E-state index is -1.91. The average Bonchev–Trinajstić information content (AvgIpc) is 3.26. The fourth-order valence-corrected chi connectivity index (χ4v) is 7.56. The van der Waals surface area contributed by atoms with E-state index in [1.165, 1.54) is 0 Å². The molecule has 5 aliphatic rings. The molecule has 184 valence electrons. The second kappa shape index (κ2) is 8.05. The van der Waals surface area contributed by atoms with E-state index in [9.17, 15) is 0 Å². The van der Waals surface area contributed by atoms with E-state index in [1.807, 2.05) is 109 Å². The maximum atomic E-state index is 6.58. The van der Waals surface area contributed by atoms with E-state index in [1.54, 1.807) is 0 Å². The Morgan fingerprint density at radius 1 is 0.514 bits per heavy atom.